The van der Waals surface area contributed by atoms with Gasteiger partial charge < -0.3 is 5.32 Å². The van der Waals surface area contributed by atoms with E-state index in [-0.39, 0.29) is 0 Å². The van der Waals surface area contributed by atoms with E-state index in [1.165, 1.54) is 0 Å². The van der Waals surface area contributed by atoms with Gasteiger partial charge in [0, 0.05) is 16.7 Å². The number of para-hydroxylation sites is 1. The lowest BCUT2D eigenvalue weighted by molar-refractivity contribution is 1.14. The van der Waals surface area contributed by atoms with Gasteiger partial charge in [0.2, 0.25) is 0 Å². The maximum absolute atomic E-state index is 8.81. The lowest BCUT2D eigenvalue weighted by Crippen LogP contribution is -2.00. The highest BCUT2D eigenvalue weighted by atomic mass is 79.9. The average molecular weight is 287 g/mol. The van der Waals surface area contributed by atoms with Crippen LogP contribution in [0.5, 0.6) is 0 Å². The fourth-order valence-electron chi connectivity index (χ4n) is 1.55. The summed E-state index contributed by atoms with van der Waals surface area (Å²) >= 11 is 3.48. The average Bonchev–Trinajstić information content (AvgIpc) is 2.38. The van der Waals surface area contributed by atoms with E-state index in [4.69, 9.17) is 5.26 Å². The van der Waals surface area contributed by atoms with Crippen molar-refractivity contribution in [2.75, 3.05) is 5.32 Å². The van der Waals surface area contributed by atoms with E-state index in [0.29, 0.717) is 12.1 Å². The Labute approximate surface area is 109 Å². The van der Waals surface area contributed by atoms with Crippen LogP contribution in [0.1, 0.15) is 11.1 Å². The van der Waals surface area contributed by atoms with Crippen LogP contribution in [-0.4, -0.2) is 0 Å². The van der Waals surface area contributed by atoms with E-state index >= 15 is 0 Å². The summed E-state index contributed by atoms with van der Waals surface area (Å²) in [5.41, 5.74) is 2.84. The highest BCUT2D eigenvalue weighted by Crippen LogP contribution is 2.21. The zero-order valence-corrected chi connectivity index (χ0v) is 10.7. The summed E-state index contributed by atoms with van der Waals surface area (Å²) in [5, 5.41) is 12.1. The summed E-state index contributed by atoms with van der Waals surface area (Å²) in [7, 11) is 0. The Morgan fingerprint density at radius 3 is 2.71 bits per heavy atom. The van der Waals surface area contributed by atoms with Crippen LogP contribution >= 0.6 is 15.9 Å². The van der Waals surface area contributed by atoms with Crippen molar-refractivity contribution in [3.8, 4) is 6.07 Å². The SMILES string of the molecule is N#Cc1cccc(CNc2ccccc2Br)c1. The molecular formula is C14H11BrN2. The Morgan fingerprint density at radius 2 is 1.94 bits per heavy atom. The summed E-state index contributed by atoms with van der Waals surface area (Å²) in [4.78, 5) is 0. The molecular weight excluding hydrogens is 276 g/mol. The number of hydrogen-bond acceptors (Lipinski definition) is 2. The molecule has 0 fully saturated rings. The van der Waals surface area contributed by atoms with Crippen LogP contribution in [0.25, 0.3) is 0 Å². The van der Waals surface area contributed by atoms with Crippen LogP contribution in [0.15, 0.2) is 53.0 Å². The highest BCUT2D eigenvalue weighted by molar-refractivity contribution is 9.10. The first-order valence-electron chi connectivity index (χ1n) is 5.27. The molecule has 0 aliphatic rings. The molecule has 0 aromatic heterocycles. The smallest absolute Gasteiger partial charge is 0.0991 e. The molecule has 2 aromatic carbocycles. The third-order valence-electron chi connectivity index (χ3n) is 2.41. The summed E-state index contributed by atoms with van der Waals surface area (Å²) < 4.78 is 1.04. The lowest BCUT2D eigenvalue weighted by atomic mass is 10.1. The number of anilines is 1. The molecule has 0 bridgehead atoms. The van der Waals surface area contributed by atoms with Crippen LogP contribution < -0.4 is 5.32 Å². The van der Waals surface area contributed by atoms with Crippen LogP contribution in [0.4, 0.5) is 5.69 Å². The molecule has 0 saturated carbocycles. The largest absolute Gasteiger partial charge is 0.380 e. The quantitative estimate of drug-likeness (QED) is 0.928. The van der Waals surface area contributed by atoms with E-state index in [1.807, 2.05) is 48.5 Å². The number of rotatable bonds is 3. The molecule has 0 amide bonds. The molecule has 0 spiro atoms. The molecule has 3 heteroatoms. The molecule has 84 valence electrons. The first-order valence-corrected chi connectivity index (χ1v) is 6.06. The van der Waals surface area contributed by atoms with Crippen molar-refractivity contribution >= 4 is 21.6 Å². The van der Waals surface area contributed by atoms with Gasteiger partial charge in [0.05, 0.1) is 11.6 Å². The van der Waals surface area contributed by atoms with Gasteiger partial charge in [0.15, 0.2) is 0 Å². The predicted octanol–water partition coefficient (Wildman–Crippen LogP) is 3.93. The molecule has 0 radical (unpaired) electrons. The Hall–Kier alpha value is -1.79. The van der Waals surface area contributed by atoms with Gasteiger partial charge in [0.25, 0.3) is 0 Å². The number of nitrogens with one attached hydrogen (secondary N) is 1. The number of halogens is 1. The van der Waals surface area contributed by atoms with Gasteiger partial charge in [-0.25, -0.2) is 0 Å². The first kappa shape index (κ1) is 11.7. The van der Waals surface area contributed by atoms with Crippen molar-refractivity contribution < 1.29 is 0 Å². The van der Waals surface area contributed by atoms with E-state index in [9.17, 15) is 0 Å². The maximum atomic E-state index is 8.81. The normalized spacial score (nSPS) is 9.65. The fourth-order valence-corrected chi connectivity index (χ4v) is 1.98. The second-order valence-corrected chi connectivity index (χ2v) is 4.50. The minimum absolute atomic E-state index is 0.691. The second-order valence-electron chi connectivity index (χ2n) is 3.65. The highest BCUT2D eigenvalue weighted by Gasteiger charge is 1.98. The van der Waals surface area contributed by atoms with Gasteiger partial charge in [-0.1, -0.05) is 24.3 Å². The van der Waals surface area contributed by atoms with Crippen molar-refractivity contribution in [2.45, 2.75) is 6.54 Å². The summed E-state index contributed by atoms with van der Waals surface area (Å²) in [6, 6.07) is 17.7. The minimum Gasteiger partial charge on any atom is -0.380 e. The van der Waals surface area contributed by atoms with Crippen molar-refractivity contribution in [3.63, 3.8) is 0 Å². The van der Waals surface area contributed by atoms with E-state index < -0.39 is 0 Å². The van der Waals surface area contributed by atoms with E-state index in [2.05, 4.69) is 27.3 Å². The molecule has 0 unspecified atom stereocenters. The number of nitrogens with zero attached hydrogens (tertiary/aromatic N) is 1. The van der Waals surface area contributed by atoms with Gasteiger partial charge in [-0.2, -0.15) is 5.26 Å². The van der Waals surface area contributed by atoms with Gasteiger partial charge in [-0.15, -0.1) is 0 Å². The molecule has 1 N–H and O–H groups in total. The lowest BCUT2D eigenvalue weighted by Gasteiger charge is -2.08. The van der Waals surface area contributed by atoms with Gasteiger partial charge in [-0.05, 0) is 45.8 Å². The maximum Gasteiger partial charge on any atom is 0.0991 e. The predicted molar refractivity (Wildman–Crippen MR) is 72.6 cm³/mol. The second kappa shape index (κ2) is 5.51. The molecule has 2 nitrogen and oxygen atoms in total. The Morgan fingerprint density at radius 1 is 1.12 bits per heavy atom. The molecule has 0 aliphatic carbocycles. The summed E-state index contributed by atoms with van der Waals surface area (Å²) in [5.74, 6) is 0. The minimum atomic E-state index is 0.691. The van der Waals surface area contributed by atoms with Crippen LogP contribution in [-0.2, 0) is 6.54 Å². The summed E-state index contributed by atoms with van der Waals surface area (Å²) in [6.07, 6.45) is 0. The topological polar surface area (TPSA) is 35.8 Å². The molecule has 17 heavy (non-hydrogen) atoms. The van der Waals surface area contributed by atoms with Crippen molar-refractivity contribution in [2.24, 2.45) is 0 Å². The molecule has 0 atom stereocenters. The van der Waals surface area contributed by atoms with Gasteiger partial charge in [0.1, 0.15) is 0 Å². The molecule has 2 rings (SSSR count). The number of hydrogen-bond donors (Lipinski definition) is 1. The van der Waals surface area contributed by atoms with Gasteiger partial charge >= 0.3 is 0 Å². The molecule has 2 aromatic rings. The number of nitriles is 1. The molecule has 0 aliphatic heterocycles. The summed E-state index contributed by atoms with van der Waals surface area (Å²) in [6.45, 7) is 0.706. The van der Waals surface area contributed by atoms with Crippen molar-refractivity contribution in [1.82, 2.24) is 0 Å². The third kappa shape index (κ3) is 3.08. The zero-order chi connectivity index (χ0) is 12.1. The van der Waals surface area contributed by atoms with Crippen molar-refractivity contribution in [1.29, 1.82) is 5.26 Å². The fraction of sp³-hybridized carbons (Fsp3) is 0.0714. The van der Waals surface area contributed by atoms with Crippen LogP contribution in [0, 0.1) is 11.3 Å². The number of benzene rings is 2. The van der Waals surface area contributed by atoms with Gasteiger partial charge in [-0.3, -0.25) is 0 Å². The van der Waals surface area contributed by atoms with E-state index in [0.717, 1.165) is 15.7 Å². The van der Waals surface area contributed by atoms with E-state index in [1.54, 1.807) is 0 Å². The standard InChI is InChI=1S/C14H11BrN2/c15-13-6-1-2-7-14(13)17-10-12-5-3-4-11(8-12)9-16/h1-8,17H,10H2. The monoisotopic (exact) mass is 286 g/mol. The molecule has 0 heterocycles. The third-order valence-corrected chi connectivity index (χ3v) is 3.10. The Bertz CT molecular complexity index is 558. The van der Waals surface area contributed by atoms with Crippen LogP contribution in [0.3, 0.4) is 0 Å². The van der Waals surface area contributed by atoms with Crippen LogP contribution in [0.2, 0.25) is 0 Å². The zero-order valence-electron chi connectivity index (χ0n) is 9.15. The molecule has 0 saturated heterocycles. The first-order chi connectivity index (χ1) is 8.29. The van der Waals surface area contributed by atoms with Crippen molar-refractivity contribution in [3.05, 3.63) is 64.1 Å². The Kier molecular flexibility index (Phi) is 3.79. The Balaban J connectivity index is 2.08.